The Labute approximate surface area is 387 Å². The quantitative estimate of drug-likeness (QED) is 0.0231. The van der Waals surface area contributed by atoms with Gasteiger partial charge in [-0.25, -0.2) is 0 Å². The number of ether oxygens (including phenoxy) is 6. The van der Waals surface area contributed by atoms with Crippen LogP contribution in [0.4, 0.5) is 0 Å². The van der Waals surface area contributed by atoms with Gasteiger partial charge < -0.3 is 64.2 Å². The van der Waals surface area contributed by atoms with Crippen LogP contribution in [0.5, 0.6) is 0 Å². The first-order chi connectivity index (χ1) is 31.1. The van der Waals surface area contributed by atoms with Gasteiger partial charge in [-0.3, -0.25) is 4.79 Å². The second-order valence-corrected chi connectivity index (χ2v) is 18.7. The number of carbonyl (C=O) groups is 1. The van der Waals surface area contributed by atoms with E-state index in [0.717, 1.165) is 38.5 Å². The normalized spacial score (nSPS) is 26.6. The molecule has 0 bridgehead atoms. The van der Waals surface area contributed by atoms with Crippen LogP contribution in [0, 0.1) is 0 Å². The van der Waals surface area contributed by atoms with Gasteiger partial charge in [-0.1, -0.05) is 194 Å². The second kappa shape index (κ2) is 38.9. The lowest BCUT2D eigenvalue weighted by Gasteiger charge is -2.42. The highest BCUT2D eigenvalue weighted by Gasteiger charge is 2.47. The average Bonchev–Trinajstić information content (AvgIpc) is 3.29. The van der Waals surface area contributed by atoms with E-state index in [2.05, 4.69) is 13.8 Å². The summed E-state index contributed by atoms with van der Waals surface area (Å²) < 4.78 is 34.2. The number of esters is 1. The van der Waals surface area contributed by atoms with Crippen molar-refractivity contribution in [1.82, 2.24) is 0 Å². The van der Waals surface area contributed by atoms with Crippen molar-refractivity contribution in [3.8, 4) is 0 Å². The molecule has 0 aromatic rings. The Morgan fingerprint density at radius 3 is 1.27 bits per heavy atom. The van der Waals surface area contributed by atoms with E-state index in [1.54, 1.807) is 0 Å². The molecular formula is C50H96O14. The third-order valence-electron chi connectivity index (χ3n) is 12.9. The molecule has 64 heavy (non-hydrogen) atoms. The lowest BCUT2D eigenvalue weighted by Crippen LogP contribution is -2.61. The smallest absolute Gasteiger partial charge is 0.306 e. The summed E-state index contributed by atoms with van der Waals surface area (Å²) in [5, 5.41) is 72.0. The highest BCUT2D eigenvalue weighted by molar-refractivity contribution is 5.69. The number of carbonyl (C=O) groups excluding carboxylic acids is 1. The summed E-state index contributed by atoms with van der Waals surface area (Å²) in [6.07, 6.45) is 21.8. The number of aliphatic hydroxyl groups excluding tert-OH is 7. The van der Waals surface area contributed by atoms with E-state index in [9.17, 15) is 40.5 Å². The maximum Gasteiger partial charge on any atom is 0.306 e. The van der Waals surface area contributed by atoms with Gasteiger partial charge in [0.2, 0.25) is 0 Å². The fourth-order valence-corrected chi connectivity index (χ4v) is 8.58. The van der Waals surface area contributed by atoms with Crippen LogP contribution >= 0.6 is 0 Å². The number of hydrogen-bond donors (Lipinski definition) is 7. The lowest BCUT2D eigenvalue weighted by atomic mass is 9.98. The highest BCUT2D eigenvalue weighted by Crippen LogP contribution is 2.26. The Morgan fingerprint density at radius 1 is 0.453 bits per heavy atom. The molecule has 0 spiro atoms. The first-order valence-corrected chi connectivity index (χ1v) is 26.1. The molecule has 0 aliphatic carbocycles. The molecule has 2 aliphatic heterocycles. The van der Waals surface area contributed by atoms with Crippen molar-refractivity contribution in [2.75, 3.05) is 33.0 Å². The molecule has 0 radical (unpaired) electrons. The fourth-order valence-electron chi connectivity index (χ4n) is 8.58. The van der Waals surface area contributed by atoms with Crippen LogP contribution in [0.3, 0.4) is 0 Å². The van der Waals surface area contributed by atoms with Gasteiger partial charge in [0.1, 0.15) is 54.9 Å². The van der Waals surface area contributed by atoms with Crippen LogP contribution in [0.25, 0.3) is 0 Å². The monoisotopic (exact) mass is 921 g/mol. The molecule has 11 atom stereocenters. The van der Waals surface area contributed by atoms with Gasteiger partial charge in [-0.05, 0) is 12.8 Å². The minimum absolute atomic E-state index is 0.0700. The van der Waals surface area contributed by atoms with Gasteiger partial charge in [0.05, 0.1) is 26.4 Å². The summed E-state index contributed by atoms with van der Waals surface area (Å²) in [5.41, 5.74) is 0. The Balaban J connectivity index is 1.71. The largest absolute Gasteiger partial charge is 0.457 e. The van der Waals surface area contributed by atoms with Crippen LogP contribution in [0.1, 0.15) is 213 Å². The predicted octanol–water partition coefficient (Wildman–Crippen LogP) is 7.69. The van der Waals surface area contributed by atoms with E-state index in [1.807, 2.05) is 0 Å². The van der Waals surface area contributed by atoms with E-state index in [-0.39, 0.29) is 25.6 Å². The zero-order valence-corrected chi connectivity index (χ0v) is 40.3. The molecule has 14 nitrogen and oxygen atoms in total. The second-order valence-electron chi connectivity index (χ2n) is 18.7. The van der Waals surface area contributed by atoms with Gasteiger partial charge in [0, 0.05) is 13.0 Å². The summed E-state index contributed by atoms with van der Waals surface area (Å²) in [6.45, 7) is 3.72. The van der Waals surface area contributed by atoms with Crippen molar-refractivity contribution in [3.05, 3.63) is 0 Å². The van der Waals surface area contributed by atoms with Crippen molar-refractivity contribution in [2.24, 2.45) is 0 Å². The van der Waals surface area contributed by atoms with Gasteiger partial charge in [0.25, 0.3) is 0 Å². The summed E-state index contributed by atoms with van der Waals surface area (Å²) in [7, 11) is 0. The number of aliphatic hydroxyl groups is 7. The summed E-state index contributed by atoms with van der Waals surface area (Å²) in [4.78, 5) is 12.9. The Hall–Kier alpha value is -1.01. The highest BCUT2D eigenvalue weighted by atomic mass is 16.7. The summed E-state index contributed by atoms with van der Waals surface area (Å²) in [5.74, 6) is -0.373. The van der Waals surface area contributed by atoms with Crippen LogP contribution in [-0.2, 0) is 33.2 Å². The maximum absolute atomic E-state index is 12.9. The molecule has 2 fully saturated rings. The molecule has 380 valence electrons. The van der Waals surface area contributed by atoms with Gasteiger partial charge in [0.15, 0.2) is 12.6 Å². The topological polar surface area (TPSA) is 214 Å². The predicted molar refractivity (Wildman–Crippen MR) is 248 cm³/mol. The van der Waals surface area contributed by atoms with Crippen molar-refractivity contribution in [1.29, 1.82) is 0 Å². The Kier molecular flexibility index (Phi) is 35.9. The molecular weight excluding hydrogens is 825 g/mol. The summed E-state index contributed by atoms with van der Waals surface area (Å²) >= 11 is 0. The van der Waals surface area contributed by atoms with E-state index < -0.39 is 80.7 Å². The van der Waals surface area contributed by atoms with Gasteiger partial charge in [-0.15, -0.1) is 0 Å². The average molecular weight is 921 g/mol. The number of unbranched alkanes of at least 4 members (excludes halogenated alkanes) is 28. The minimum atomic E-state index is -1.70. The molecule has 2 heterocycles. The van der Waals surface area contributed by atoms with E-state index in [4.69, 9.17) is 28.4 Å². The van der Waals surface area contributed by atoms with E-state index in [1.165, 1.54) is 148 Å². The van der Waals surface area contributed by atoms with Crippen LogP contribution < -0.4 is 0 Å². The van der Waals surface area contributed by atoms with Gasteiger partial charge in [-0.2, -0.15) is 0 Å². The molecule has 14 heteroatoms. The SMILES string of the molecule is CCCCCCCCCCCCCCCCCCCCCCOCC(COC1OC(COC2OC(CO)C(O)C(O)C2O)C(O)C(O)C1O)OC(=O)CCCCCCCCCCCC. The molecule has 2 saturated heterocycles. The van der Waals surface area contributed by atoms with Crippen molar-refractivity contribution < 1.29 is 69.0 Å². The molecule has 0 aromatic heterocycles. The summed E-state index contributed by atoms with van der Waals surface area (Å²) in [6, 6.07) is 0. The minimum Gasteiger partial charge on any atom is -0.457 e. The first kappa shape index (κ1) is 59.1. The standard InChI is InChI=1S/C50H96O14/c1-3-5-7-9-11-13-15-16-17-18-19-20-21-22-23-24-26-28-30-32-34-59-36-39(62-42(52)33-31-29-27-25-14-12-10-8-6-4-2)37-60-49-48(58)46(56)44(54)41(64-49)38-61-50-47(57)45(55)43(53)40(35-51)63-50/h39-41,43-51,53-58H,3-38H2,1-2H3. The zero-order valence-electron chi connectivity index (χ0n) is 40.3. The molecule has 2 rings (SSSR count). The molecule has 0 saturated carbocycles. The number of hydrogen-bond acceptors (Lipinski definition) is 14. The number of rotatable bonds is 42. The van der Waals surface area contributed by atoms with Crippen molar-refractivity contribution >= 4 is 5.97 Å². The molecule has 7 N–H and O–H groups in total. The fraction of sp³-hybridized carbons (Fsp3) is 0.980. The van der Waals surface area contributed by atoms with Crippen molar-refractivity contribution in [2.45, 2.75) is 280 Å². The zero-order chi connectivity index (χ0) is 46.6. The van der Waals surface area contributed by atoms with E-state index >= 15 is 0 Å². The third-order valence-corrected chi connectivity index (χ3v) is 12.9. The molecule has 0 aromatic carbocycles. The third kappa shape index (κ3) is 26.5. The van der Waals surface area contributed by atoms with Crippen LogP contribution in [-0.4, -0.2) is 142 Å². The Morgan fingerprint density at radius 2 is 0.828 bits per heavy atom. The van der Waals surface area contributed by atoms with Crippen molar-refractivity contribution in [3.63, 3.8) is 0 Å². The maximum atomic E-state index is 12.9. The molecule has 0 amide bonds. The Bertz CT molecular complexity index is 1070. The van der Waals surface area contributed by atoms with Crippen LogP contribution in [0.2, 0.25) is 0 Å². The first-order valence-electron chi connectivity index (χ1n) is 26.1. The molecule has 11 unspecified atom stereocenters. The van der Waals surface area contributed by atoms with E-state index in [0.29, 0.717) is 13.0 Å². The van der Waals surface area contributed by atoms with Gasteiger partial charge >= 0.3 is 5.97 Å². The van der Waals surface area contributed by atoms with Crippen LogP contribution in [0.15, 0.2) is 0 Å². The molecule has 2 aliphatic rings. The lowest BCUT2D eigenvalue weighted by molar-refractivity contribution is -0.332.